The molecule has 32 heavy (non-hydrogen) atoms. The van der Waals surface area contributed by atoms with E-state index in [2.05, 4.69) is 10.2 Å². The first-order valence-electron chi connectivity index (χ1n) is 8.79. The minimum Gasteiger partial charge on any atom is -0.618 e. The zero-order chi connectivity index (χ0) is 23.8. The predicted molar refractivity (Wildman–Crippen MR) is 111 cm³/mol. The van der Waals surface area contributed by atoms with Crippen LogP contribution in [0.2, 0.25) is 5.02 Å². The summed E-state index contributed by atoms with van der Waals surface area (Å²) in [5.41, 5.74) is -0.0909. The smallest absolute Gasteiger partial charge is 0.445 e. The van der Waals surface area contributed by atoms with Gasteiger partial charge >= 0.3 is 17.8 Å². The summed E-state index contributed by atoms with van der Waals surface area (Å²) < 4.78 is 63.9. The molecule has 0 radical (unpaired) electrons. The Balaban J connectivity index is 2.13. The molecule has 170 valence electrons. The molecule has 8 nitrogen and oxygen atoms in total. The van der Waals surface area contributed by atoms with Gasteiger partial charge in [-0.05, 0) is 23.8 Å². The third-order valence-electron chi connectivity index (χ3n) is 4.34. The van der Waals surface area contributed by atoms with Gasteiger partial charge in [0.2, 0.25) is 10.1 Å². The SMILES string of the molecule is CCS(=O)(=O)c1cc(-c2ccc(Cl)cc2)c[n+]([O-])c1C(=O)N(C)c1nnc(C(F)(F)F)s1. The number of halogens is 4. The van der Waals surface area contributed by atoms with E-state index in [-0.39, 0.29) is 21.6 Å². The first-order chi connectivity index (χ1) is 14.8. The Hall–Kier alpha value is -2.77. The van der Waals surface area contributed by atoms with Crippen molar-refractivity contribution in [2.24, 2.45) is 0 Å². The molecule has 1 amide bonds. The number of nitrogens with zero attached hydrogens (tertiary/aromatic N) is 4. The van der Waals surface area contributed by atoms with Gasteiger partial charge in [-0.2, -0.15) is 17.9 Å². The van der Waals surface area contributed by atoms with E-state index >= 15 is 0 Å². The maximum absolute atomic E-state index is 13.0. The van der Waals surface area contributed by atoms with Crippen molar-refractivity contribution in [2.75, 3.05) is 17.7 Å². The Kier molecular flexibility index (Phi) is 6.45. The van der Waals surface area contributed by atoms with Gasteiger partial charge in [0, 0.05) is 17.6 Å². The third kappa shape index (κ3) is 4.69. The van der Waals surface area contributed by atoms with E-state index in [4.69, 9.17) is 11.6 Å². The van der Waals surface area contributed by atoms with E-state index in [0.717, 1.165) is 13.2 Å². The molecule has 0 unspecified atom stereocenters. The van der Waals surface area contributed by atoms with Crippen LogP contribution < -0.4 is 9.63 Å². The molecule has 3 aromatic rings. The van der Waals surface area contributed by atoms with Crippen LogP contribution >= 0.6 is 22.9 Å². The molecular formula is C18H14ClF3N4O4S2. The highest BCUT2D eigenvalue weighted by molar-refractivity contribution is 7.91. The standard InChI is InChI=1S/C18H14ClF3N4O4S2/c1-3-32(29,30)13-8-11(10-4-6-12(19)7-5-10)9-26(28)14(13)15(27)25(2)17-24-23-16(31-17)18(20,21)22/h4-9H,3H2,1-2H3. The number of rotatable bonds is 5. The molecule has 0 aliphatic heterocycles. The lowest BCUT2D eigenvalue weighted by molar-refractivity contribution is -0.609. The first-order valence-corrected chi connectivity index (χ1v) is 11.6. The van der Waals surface area contributed by atoms with Gasteiger partial charge in [-0.25, -0.2) is 8.42 Å². The third-order valence-corrected chi connectivity index (χ3v) is 7.38. The van der Waals surface area contributed by atoms with Gasteiger partial charge in [0.1, 0.15) is 4.90 Å². The molecule has 0 aliphatic rings. The van der Waals surface area contributed by atoms with E-state index in [0.29, 0.717) is 15.5 Å². The molecule has 0 spiro atoms. The molecule has 0 N–H and O–H groups in total. The second-order valence-electron chi connectivity index (χ2n) is 6.43. The summed E-state index contributed by atoms with van der Waals surface area (Å²) in [5, 5.41) is 17.8. The van der Waals surface area contributed by atoms with Gasteiger partial charge in [0.25, 0.3) is 0 Å². The van der Waals surface area contributed by atoms with Crippen LogP contribution in [0.3, 0.4) is 0 Å². The van der Waals surface area contributed by atoms with Gasteiger partial charge in [-0.3, -0.25) is 9.69 Å². The predicted octanol–water partition coefficient (Wildman–Crippen LogP) is 3.58. The molecule has 2 heterocycles. The largest absolute Gasteiger partial charge is 0.618 e. The lowest BCUT2D eigenvalue weighted by Crippen LogP contribution is -2.42. The van der Waals surface area contributed by atoms with Gasteiger partial charge in [0.05, 0.1) is 5.75 Å². The number of alkyl halides is 3. The molecule has 1 aromatic carbocycles. The molecule has 0 saturated heterocycles. The molecule has 0 saturated carbocycles. The van der Waals surface area contributed by atoms with Gasteiger partial charge in [-0.1, -0.05) is 42.0 Å². The fourth-order valence-corrected chi connectivity index (χ4v) is 4.54. The second-order valence-corrected chi connectivity index (χ2v) is 10.1. The maximum atomic E-state index is 13.0. The van der Waals surface area contributed by atoms with Crippen LogP contribution in [0.15, 0.2) is 41.4 Å². The molecule has 0 bridgehead atoms. The lowest BCUT2D eigenvalue weighted by atomic mass is 10.1. The fourth-order valence-electron chi connectivity index (χ4n) is 2.65. The Bertz CT molecular complexity index is 1280. The molecular weight excluding hydrogens is 493 g/mol. The van der Waals surface area contributed by atoms with Crippen molar-refractivity contribution in [2.45, 2.75) is 18.0 Å². The summed E-state index contributed by atoms with van der Waals surface area (Å²) in [5.74, 6) is -1.57. The van der Waals surface area contributed by atoms with Gasteiger partial charge in [0.15, 0.2) is 16.0 Å². The number of anilines is 1. The van der Waals surface area contributed by atoms with Crippen LogP contribution in [0.4, 0.5) is 18.3 Å². The number of carbonyl (C=O) groups excluding carboxylic acids is 1. The fraction of sp³-hybridized carbons (Fsp3) is 0.222. The van der Waals surface area contributed by atoms with E-state index in [1.807, 2.05) is 0 Å². The minimum absolute atomic E-state index is 0.0804. The topological polar surface area (TPSA) is 107 Å². The summed E-state index contributed by atoms with van der Waals surface area (Å²) in [4.78, 5) is 13.1. The Morgan fingerprint density at radius 2 is 1.84 bits per heavy atom. The number of hydrogen-bond acceptors (Lipinski definition) is 7. The van der Waals surface area contributed by atoms with E-state index in [1.54, 1.807) is 24.3 Å². The van der Waals surface area contributed by atoms with Crippen LogP contribution in [-0.2, 0) is 16.0 Å². The minimum atomic E-state index is -4.77. The van der Waals surface area contributed by atoms with E-state index < -0.39 is 48.4 Å². The van der Waals surface area contributed by atoms with Crippen molar-refractivity contribution in [1.82, 2.24) is 10.2 Å². The van der Waals surface area contributed by atoms with Crippen molar-refractivity contribution in [3.8, 4) is 11.1 Å². The van der Waals surface area contributed by atoms with Crippen LogP contribution in [0.1, 0.15) is 22.4 Å². The summed E-state index contributed by atoms with van der Waals surface area (Å²) in [6.45, 7) is 1.33. The molecule has 14 heteroatoms. The lowest BCUT2D eigenvalue weighted by Gasteiger charge is -2.16. The number of aromatic nitrogens is 3. The molecule has 2 aromatic heterocycles. The Morgan fingerprint density at radius 3 is 2.38 bits per heavy atom. The zero-order valence-corrected chi connectivity index (χ0v) is 18.8. The van der Waals surface area contributed by atoms with Crippen LogP contribution in [0, 0.1) is 5.21 Å². The molecule has 0 aliphatic carbocycles. The average Bonchev–Trinajstić information content (AvgIpc) is 3.23. The summed E-state index contributed by atoms with van der Waals surface area (Å²) in [7, 11) is -3.01. The van der Waals surface area contributed by atoms with Gasteiger partial charge in [-0.15, -0.1) is 10.2 Å². The average molecular weight is 507 g/mol. The quantitative estimate of drug-likeness (QED) is 0.386. The molecule has 0 fully saturated rings. The van der Waals surface area contributed by atoms with Crippen LogP contribution in [0.25, 0.3) is 11.1 Å². The Labute approximate surface area is 189 Å². The highest BCUT2D eigenvalue weighted by atomic mass is 35.5. The number of carbonyl (C=O) groups is 1. The van der Waals surface area contributed by atoms with Crippen LogP contribution in [0.5, 0.6) is 0 Å². The highest BCUT2D eigenvalue weighted by Gasteiger charge is 2.38. The Morgan fingerprint density at radius 1 is 1.22 bits per heavy atom. The van der Waals surface area contributed by atoms with E-state index in [1.165, 1.54) is 13.0 Å². The van der Waals surface area contributed by atoms with Crippen molar-refractivity contribution < 1.29 is 31.1 Å². The van der Waals surface area contributed by atoms with Crippen LogP contribution in [-0.4, -0.2) is 37.3 Å². The second kappa shape index (κ2) is 8.64. The molecule has 0 atom stereocenters. The number of hydrogen-bond donors (Lipinski definition) is 0. The van der Waals surface area contributed by atoms with E-state index in [9.17, 15) is 31.6 Å². The normalized spacial score (nSPS) is 12.1. The number of pyridine rings is 1. The molecule has 3 rings (SSSR count). The first kappa shape index (κ1) is 23.9. The monoisotopic (exact) mass is 506 g/mol. The summed E-state index contributed by atoms with van der Waals surface area (Å²) >= 11 is 5.93. The van der Waals surface area contributed by atoms with Crippen molar-refractivity contribution in [3.63, 3.8) is 0 Å². The number of sulfone groups is 1. The zero-order valence-electron chi connectivity index (χ0n) is 16.4. The number of benzene rings is 1. The maximum Gasteiger partial charge on any atom is 0.445 e. The summed E-state index contributed by atoms with van der Waals surface area (Å²) in [6, 6.07) is 7.38. The van der Waals surface area contributed by atoms with Crippen molar-refractivity contribution >= 4 is 43.8 Å². The highest BCUT2D eigenvalue weighted by Crippen LogP contribution is 2.34. The number of amides is 1. The van der Waals surface area contributed by atoms with Gasteiger partial charge < -0.3 is 5.21 Å². The van der Waals surface area contributed by atoms with Crippen molar-refractivity contribution in [3.05, 3.63) is 57.5 Å². The van der Waals surface area contributed by atoms with Crippen molar-refractivity contribution in [1.29, 1.82) is 0 Å². The summed E-state index contributed by atoms with van der Waals surface area (Å²) in [6.07, 6.45) is -3.77.